The quantitative estimate of drug-likeness (QED) is 0.530. The van der Waals surface area contributed by atoms with Gasteiger partial charge in [-0.15, -0.1) is 0 Å². The van der Waals surface area contributed by atoms with Gasteiger partial charge in [0.25, 0.3) is 10.0 Å². The highest BCUT2D eigenvalue weighted by Crippen LogP contribution is 2.38. The molecule has 0 aliphatic rings. The SMILES string of the molecule is COc1ccc(C(=O)O)cc1S(=O)(=O)Nc1cc(C(F)(F)F)ccc1-c1ccccc1C#N. The number of hydrogen-bond acceptors (Lipinski definition) is 5. The summed E-state index contributed by atoms with van der Waals surface area (Å²) in [5.74, 6) is -1.62. The van der Waals surface area contributed by atoms with Crippen molar-refractivity contribution < 1.29 is 36.2 Å². The number of anilines is 1. The Balaban J connectivity index is 2.23. The molecule has 0 aliphatic carbocycles. The van der Waals surface area contributed by atoms with Gasteiger partial charge in [0.1, 0.15) is 10.6 Å². The minimum absolute atomic E-state index is 0.0251. The fourth-order valence-corrected chi connectivity index (χ4v) is 4.34. The first-order valence-electron chi connectivity index (χ1n) is 9.13. The van der Waals surface area contributed by atoms with Crippen molar-refractivity contribution in [3.63, 3.8) is 0 Å². The van der Waals surface area contributed by atoms with E-state index in [2.05, 4.69) is 4.72 Å². The van der Waals surface area contributed by atoms with E-state index in [1.807, 2.05) is 6.07 Å². The molecule has 170 valence electrons. The number of nitrogens with one attached hydrogen (secondary N) is 1. The maximum Gasteiger partial charge on any atom is 0.416 e. The number of carboxylic acid groups (broad SMARTS) is 1. The Morgan fingerprint density at radius 1 is 1.06 bits per heavy atom. The highest BCUT2D eigenvalue weighted by Gasteiger charge is 2.32. The van der Waals surface area contributed by atoms with Crippen molar-refractivity contribution in [3.05, 3.63) is 77.4 Å². The number of benzene rings is 3. The van der Waals surface area contributed by atoms with Gasteiger partial charge in [-0.05, 0) is 36.4 Å². The third kappa shape index (κ3) is 4.91. The summed E-state index contributed by atoms with van der Waals surface area (Å²) in [5.41, 5.74) is -1.59. The number of carboxylic acids is 1. The molecule has 33 heavy (non-hydrogen) atoms. The molecular weight excluding hydrogens is 461 g/mol. The van der Waals surface area contributed by atoms with Crippen LogP contribution in [0.25, 0.3) is 11.1 Å². The Bertz CT molecular complexity index is 1380. The van der Waals surface area contributed by atoms with Gasteiger partial charge in [0.2, 0.25) is 0 Å². The molecule has 0 unspecified atom stereocenters. The van der Waals surface area contributed by atoms with Gasteiger partial charge in [0.15, 0.2) is 0 Å². The third-order valence-corrected chi connectivity index (χ3v) is 6.02. The lowest BCUT2D eigenvalue weighted by Gasteiger charge is -2.17. The average Bonchev–Trinajstić information content (AvgIpc) is 2.77. The molecule has 0 saturated heterocycles. The molecule has 0 aromatic heterocycles. The van der Waals surface area contributed by atoms with Crippen LogP contribution < -0.4 is 9.46 Å². The normalized spacial score (nSPS) is 11.5. The van der Waals surface area contributed by atoms with Gasteiger partial charge < -0.3 is 9.84 Å². The summed E-state index contributed by atoms with van der Waals surface area (Å²) < 4.78 is 73.4. The van der Waals surface area contributed by atoms with Crippen LogP contribution in [0.2, 0.25) is 0 Å². The summed E-state index contributed by atoms with van der Waals surface area (Å²) >= 11 is 0. The Labute approximate surface area is 186 Å². The number of ether oxygens (including phenoxy) is 1. The Morgan fingerprint density at radius 3 is 2.36 bits per heavy atom. The van der Waals surface area contributed by atoms with E-state index in [4.69, 9.17) is 4.74 Å². The highest BCUT2D eigenvalue weighted by molar-refractivity contribution is 7.92. The molecule has 0 amide bonds. The van der Waals surface area contributed by atoms with E-state index in [1.54, 1.807) is 12.1 Å². The van der Waals surface area contributed by atoms with E-state index in [9.17, 15) is 36.8 Å². The Hall–Kier alpha value is -4.04. The van der Waals surface area contributed by atoms with Gasteiger partial charge in [-0.1, -0.05) is 24.3 Å². The van der Waals surface area contributed by atoms with Gasteiger partial charge in [0.05, 0.1) is 35.6 Å². The molecule has 2 N–H and O–H groups in total. The monoisotopic (exact) mass is 476 g/mol. The zero-order chi connectivity index (χ0) is 24.4. The predicted molar refractivity (Wildman–Crippen MR) is 112 cm³/mol. The molecule has 11 heteroatoms. The molecular formula is C22H15F3N2O5S. The van der Waals surface area contributed by atoms with Crippen LogP contribution in [0.1, 0.15) is 21.5 Å². The summed E-state index contributed by atoms with van der Waals surface area (Å²) in [5, 5.41) is 18.6. The van der Waals surface area contributed by atoms with Crippen LogP contribution in [0.4, 0.5) is 18.9 Å². The number of rotatable bonds is 6. The molecule has 0 atom stereocenters. The maximum atomic E-state index is 13.3. The molecule has 7 nitrogen and oxygen atoms in total. The molecule has 0 radical (unpaired) electrons. The summed E-state index contributed by atoms with van der Waals surface area (Å²) in [6, 6.07) is 13.4. The first-order chi connectivity index (χ1) is 15.5. The van der Waals surface area contributed by atoms with Gasteiger partial charge in [-0.2, -0.15) is 18.4 Å². The number of nitrogens with zero attached hydrogens (tertiary/aromatic N) is 1. The minimum atomic E-state index is -4.77. The average molecular weight is 476 g/mol. The summed E-state index contributed by atoms with van der Waals surface area (Å²) in [6.45, 7) is 0. The zero-order valence-corrected chi connectivity index (χ0v) is 17.7. The zero-order valence-electron chi connectivity index (χ0n) is 16.8. The first-order valence-corrected chi connectivity index (χ1v) is 10.6. The first kappa shape index (κ1) is 23.6. The molecule has 0 saturated carbocycles. The predicted octanol–water partition coefficient (Wildman–Crippen LogP) is 4.75. The summed E-state index contributed by atoms with van der Waals surface area (Å²) in [6.07, 6.45) is -4.77. The number of alkyl halides is 3. The van der Waals surface area contributed by atoms with Crippen molar-refractivity contribution in [2.24, 2.45) is 0 Å². The molecule has 0 heterocycles. The van der Waals surface area contributed by atoms with Crippen molar-refractivity contribution in [2.75, 3.05) is 11.8 Å². The van der Waals surface area contributed by atoms with Crippen LogP contribution in [0.3, 0.4) is 0 Å². The fourth-order valence-electron chi connectivity index (χ4n) is 3.07. The number of halogens is 3. The molecule has 3 rings (SSSR count). The van der Waals surface area contributed by atoms with Crippen LogP contribution in [-0.2, 0) is 16.2 Å². The van der Waals surface area contributed by atoms with Crippen molar-refractivity contribution in [3.8, 4) is 22.9 Å². The second-order valence-corrected chi connectivity index (χ2v) is 8.34. The van der Waals surface area contributed by atoms with Crippen LogP contribution in [0.5, 0.6) is 5.75 Å². The highest BCUT2D eigenvalue weighted by atomic mass is 32.2. The third-order valence-electron chi connectivity index (χ3n) is 4.63. The number of nitriles is 1. The molecule has 0 spiro atoms. The summed E-state index contributed by atoms with van der Waals surface area (Å²) in [7, 11) is -3.45. The number of carbonyl (C=O) groups is 1. The fraction of sp³-hybridized carbons (Fsp3) is 0.0909. The van der Waals surface area contributed by atoms with E-state index in [0.29, 0.717) is 6.07 Å². The lowest BCUT2D eigenvalue weighted by atomic mass is 9.97. The molecule has 0 bridgehead atoms. The number of hydrogen-bond donors (Lipinski definition) is 2. The van der Waals surface area contributed by atoms with Crippen molar-refractivity contribution >= 4 is 21.7 Å². The smallest absolute Gasteiger partial charge is 0.416 e. The maximum absolute atomic E-state index is 13.3. The van der Waals surface area contributed by atoms with E-state index < -0.39 is 38.3 Å². The van der Waals surface area contributed by atoms with Crippen LogP contribution in [0.15, 0.2) is 65.6 Å². The largest absolute Gasteiger partial charge is 0.495 e. The van der Waals surface area contributed by atoms with Crippen LogP contribution in [0, 0.1) is 11.3 Å². The summed E-state index contributed by atoms with van der Waals surface area (Å²) in [4.78, 5) is 10.7. The van der Waals surface area contributed by atoms with E-state index in [-0.39, 0.29) is 28.0 Å². The second kappa shape index (κ2) is 8.84. The van der Waals surface area contributed by atoms with Gasteiger partial charge >= 0.3 is 12.1 Å². The minimum Gasteiger partial charge on any atom is -0.495 e. The molecule has 0 aliphatic heterocycles. The Morgan fingerprint density at radius 2 is 1.76 bits per heavy atom. The molecule has 3 aromatic rings. The topological polar surface area (TPSA) is 116 Å². The van der Waals surface area contributed by atoms with Crippen molar-refractivity contribution in [1.82, 2.24) is 0 Å². The standard InChI is InChI=1S/C22H15F3N2O5S/c1-32-19-9-6-13(21(28)29)10-20(19)33(30,31)27-18-11-15(22(23,24)25)7-8-17(18)16-5-3-2-4-14(16)12-26/h2-11,27H,1H3,(H,28,29). The van der Waals surface area contributed by atoms with Crippen LogP contribution >= 0.6 is 0 Å². The van der Waals surface area contributed by atoms with Crippen LogP contribution in [-0.4, -0.2) is 26.6 Å². The Kier molecular flexibility index (Phi) is 6.32. The number of sulfonamides is 1. The van der Waals surface area contributed by atoms with E-state index in [0.717, 1.165) is 37.4 Å². The lowest BCUT2D eigenvalue weighted by molar-refractivity contribution is -0.137. The van der Waals surface area contributed by atoms with E-state index >= 15 is 0 Å². The lowest BCUT2D eigenvalue weighted by Crippen LogP contribution is -2.16. The van der Waals surface area contributed by atoms with Gasteiger partial charge in [0, 0.05) is 11.1 Å². The van der Waals surface area contributed by atoms with Crippen molar-refractivity contribution in [1.29, 1.82) is 5.26 Å². The van der Waals surface area contributed by atoms with Crippen molar-refractivity contribution in [2.45, 2.75) is 11.1 Å². The van der Waals surface area contributed by atoms with Gasteiger partial charge in [-0.25, -0.2) is 13.2 Å². The second-order valence-electron chi connectivity index (χ2n) is 6.69. The number of aromatic carboxylic acids is 1. The number of methoxy groups -OCH3 is 1. The molecule has 0 fully saturated rings. The molecule has 3 aromatic carbocycles. The van der Waals surface area contributed by atoms with E-state index in [1.165, 1.54) is 12.1 Å². The van der Waals surface area contributed by atoms with Gasteiger partial charge in [-0.3, -0.25) is 4.72 Å².